The molecule has 0 aromatic heterocycles. The highest BCUT2D eigenvalue weighted by molar-refractivity contribution is 5.72. The van der Waals surface area contributed by atoms with Crippen molar-refractivity contribution in [2.45, 2.75) is 159 Å². The third kappa shape index (κ3) is 36.9. The van der Waals surface area contributed by atoms with Gasteiger partial charge in [0.05, 0.1) is 81.1 Å². The smallest absolute Gasteiger partial charge is 0.407 e. The van der Waals surface area contributed by atoms with E-state index in [9.17, 15) is 38.4 Å². The summed E-state index contributed by atoms with van der Waals surface area (Å²) in [5.41, 5.74) is 0.843. The van der Waals surface area contributed by atoms with Crippen LogP contribution in [0, 0.1) is 110 Å². The molecule has 8 aromatic carbocycles. The molecule has 8 amide bonds. The number of amides is 8. The summed E-state index contributed by atoms with van der Waals surface area (Å²) >= 11 is 0. The first-order chi connectivity index (χ1) is 82.4. The molecule has 0 bridgehead atoms. The number of ether oxygens (including phenoxy) is 16. The summed E-state index contributed by atoms with van der Waals surface area (Å²) in [6.07, 6.45) is -16.5. The highest BCUT2D eigenvalue weighted by Gasteiger charge is 2.30. The molecule has 8 saturated heterocycles. The number of nitrogens with one attached hydrogen (secondary N) is 8. The lowest BCUT2D eigenvalue weighted by molar-refractivity contribution is 0.104. The first-order valence-electron chi connectivity index (χ1n) is 64.0. The Kier molecular flexibility index (Phi) is 18.4. The molecule has 8 N–H and O–H groups in total. The quantitative estimate of drug-likeness (QED) is 0.0260. The standard InChI is InChI=1S/8C12H15NO3/c8*1-8-3-9(2)5-10(4-8)15-7-11-6-13-12(14)16-11/h8*3-5,11H,6-7H2,1-2H3,(H,13,14)/i1D3,2D3,3D,4D,5D,7D2;1D3,2D3,3D,4D,5D;3D,4D,5D,7D2;3D,4D,5D;1D3,2D3,7D2;1D3,2D3;11D;7D2/hD8. The van der Waals surface area contributed by atoms with Crippen LogP contribution in [0.3, 0.4) is 0 Å². The highest BCUT2D eigenvalue weighted by atomic mass is 16.6. The lowest BCUT2D eigenvalue weighted by Crippen LogP contribution is -2.21. The van der Waals surface area contributed by atoms with Gasteiger partial charge in [-0.1, -0.05) is 48.4 Å². The van der Waals surface area contributed by atoms with Gasteiger partial charge in [-0.15, -0.1) is 0 Å². The van der Waals surface area contributed by atoms with E-state index in [1.807, 2.05) is 52.0 Å². The first kappa shape index (κ1) is 47.8. The monoisotopic (exact) mass is 1820 g/mol. The molecule has 8 unspecified atom stereocenters. The van der Waals surface area contributed by atoms with Crippen LogP contribution in [0.4, 0.5) is 38.4 Å². The summed E-state index contributed by atoms with van der Waals surface area (Å²) in [5.74, 6) is -1.13. The molecule has 8 heterocycles. The first-order valence-corrected chi connectivity index (χ1v) is 37.9. The number of rotatable bonds is 24. The molecular formula is C96H120N8O24. The van der Waals surface area contributed by atoms with E-state index in [0.717, 1.165) is 46.5 Å². The minimum atomic E-state index is -3.11. The summed E-state index contributed by atoms with van der Waals surface area (Å²) < 4.78 is 482. The van der Waals surface area contributed by atoms with Gasteiger partial charge < -0.3 is 118 Å². The van der Waals surface area contributed by atoms with Gasteiger partial charge in [-0.05, 0) is 296 Å². The van der Waals surface area contributed by atoms with E-state index in [-0.39, 0.29) is 152 Å². The van der Waals surface area contributed by atoms with Crippen LogP contribution < -0.4 is 80.4 Å². The van der Waals surface area contributed by atoms with Crippen LogP contribution in [-0.2, 0) is 37.9 Å². The molecule has 8 fully saturated rings. The largest absolute Gasteiger partial charge is 0.490 e. The van der Waals surface area contributed by atoms with Gasteiger partial charge in [0.25, 0.3) is 0 Å². The van der Waals surface area contributed by atoms with Crippen molar-refractivity contribution in [1.82, 2.24) is 42.5 Å². The van der Waals surface area contributed by atoms with Gasteiger partial charge in [-0.25, -0.2) is 38.4 Å². The number of cyclic esters (lactones) is 8. The van der Waals surface area contributed by atoms with E-state index in [2.05, 4.69) is 9.47 Å². The van der Waals surface area contributed by atoms with E-state index in [0.29, 0.717) is 65.1 Å². The minimum absolute atomic E-state index is 0.00217. The average molecular weight is 1820 g/mol. The van der Waals surface area contributed by atoms with E-state index in [4.69, 9.17) is 139 Å². The van der Waals surface area contributed by atoms with Crippen LogP contribution in [0.5, 0.6) is 46.0 Å². The molecule has 32 nitrogen and oxygen atoms in total. The van der Waals surface area contributed by atoms with Crippen LogP contribution in [0.2, 0.25) is 11.3 Å². The zero-order chi connectivity index (χ0) is 138. The van der Waals surface area contributed by atoms with Crippen molar-refractivity contribution in [3.8, 4) is 46.0 Å². The molecule has 688 valence electrons. The van der Waals surface area contributed by atoms with Crippen LogP contribution in [0.15, 0.2) is 145 Å². The number of alkyl carbamates (subject to hydrolysis) is 8. The maximum absolute atomic E-state index is 11.3. The number of carbonyl (C=O) groups excluding carboxylic acids is 8. The Balaban J connectivity index is 0.000000226. The minimum Gasteiger partial charge on any atom is -0.490 e. The van der Waals surface area contributed by atoms with Gasteiger partial charge in [0.2, 0.25) is 0 Å². The third-order valence-corrected chi connectivity index (χ3v) is 15.7. The zero-order valence-electron chi connectivity index (χ0n) is 122. The molecule has 0 saturated carbocycles. The Morgan fingerprint density at radius 2 is 0.445 bits per heavy atom. The van der Waals surface area contributed by atoms with E-state index >= 15 is 0 Å². The van der Waals surface area contributed by atoms with Crippen LogP contribution in [-0.4, -0.2) is 203 Å². The molecule has 32 heteroatoms. The Morgan fingerprint density at radius 3 is 0.695 bits per heavy atom. The van der Waals surface area contributed by atoms with Crippen molar-refractivity contribution in [3.05, 3.63) is 234 Å². The van der Waals surface area contributed by atoms with Gasteiger partial charge in [0.1, 0.15) is 98.7 Å². The van der Waals surface area contributed by atoms with Gasteiger partial charge in [0.15, 0.2) is 60.1 Å². The fourth-order valence-electron chi connectivity index (χ4n) is 10.7. The summed E-state index contributed by atoms with van der Waals surface area (Å²) in [6.45, 7) is -20.7. The average Bonchev–Trinajstić information content (AvgIpc) is 0.819. The highest BCUT2D eigenvalue weighted by Crippen LogP contribution is 2.25. The second kappa shape index (κ2) is 49.3. The molecule has 8 aromatic rings. The summed E-state index contributed by atoms with van der Waals surface area (Å²) in [4.78, 5) is 89.1. The van der Waals surface area contributed by atoms with E-state index in [1.54, 1.807) is 26.0 Å². The van der Waals surface area contributed by atoms with Crippen molar-refractivity contribution < 1.29 is 187 Å². The molecule has 8 aliphatic heterocycles. The predicted octanol–water partition coefficient (Wildman–Crippen LogP) is 14.3. The van der Waals surface area contributed by atoms with Gasteiger partial charge in [-0.2, -0.15) is 0 Å². The molecular weight excluding hydrogens is 1650 g/mol. The fourth-order valence-corrected chi connectivity index (χ4v) is 10.7. The lowest BCUT2D eigenvalue weighted by Gasteiger charge is -2.11. The molecule has 0 aliphatic carbocycles. The molecule has 128 heavy (non-hydrogen) atoms. The summed E-state index contributed by atoms with van der Waals surface area (Å²) in [6, 6.07) is 11.7. The number of benzene rings is 8. The van der Waals surface area contributed by atoms with Crippen molar-refractivity contribution in [1.29, 1.82) is 0 Å². The molecule has 8 atom stereocenters. The molecule has 0 radical (unpaired) electrons. The van der Waals surface area contributed by atoms with Crippen molar-refractivity contribution in [2.24, 2.45) is 0 Å². The van der Waals surface area contributed by atoms with Crippen molar-refractivity contribution >= 4 is 48.7 Å². The number of hydrogen-bond acceptors (Lipinski definition) is 24. The van der Waals surface area contributed by atoms with Gasteiger partial charge >= 0.3 is 48.7 Å². The maximum Gasteiger partial charge on any atom is 0.407 e. The molecule has 8 aliphatic rings. The van der Waals surface area contributed by atoms with Gasteiger partial charge in [-0.3, -0.25) is 0 Å². The molecule has 16 rings (SSSR count). The summed E-state index contributed by atoms with van der Waals surface area (Å²) in [7, 11) is 0. The Bertz CT molecular complexity index is 7340. The normalized spacial score (nSPS) is 27.6. The fraction of sp³-hybridized carbons (Fsp3) is 0.417. The SMILES string of the molecule is [2H]N1CC(C([2H])([2H])Oc2cc(C([2H])([2H])[2H])cc(C([2H])([2H])[2H])c2)OC1=O.[2H]N1CC(C([2H])([2H])Oc2cc(C)cc(C)c2)OC1=O.[2H]N1CC(COc2cc(C([2H])([2H])[2H])cc(C([2H])([2H])[2H])c2)OC1=O.[2H]N1CC([2H])(COc2cc(C)cc(C)c2)OC1=O.[2H]c1c(C)c([2H])c(OC([2H])([2H])C2CN([2H])C(=O)O2)c([2H])c1C.[2H]c1c(C)c([2H])c(OCC2CN([2H])C(=O)O2)c([2H])c1C.[2H]c1c(OC([2H])([2H])C2CN([2H])C(=O)O2)c([2H])c(C([2H])([2H])[2H])c([2H])c1C([2H])([2H])[2H].[2H]c1c(OCC2CN([2H])C(=O)O2)c([2H])c(C([2H])([2H])[2H])c([2H])c1C([2H])([2H])[2H]. The predicted molar refractivity (Wildman–Crippen MR) is 477 cm³/mol. The number of carbonyl (C=O) groups is 8. The van der Waals surface area contributed by atoms with Crippen molar-refractivity contribution in [3.63, 3.8) is 0 Å². The van der Waals surface area contributed by atoms with Crippen molar-refractivity contribution in [2.75, 3.05) is 105 Å². The molecule has 0 spiro atoms. The second-order valence-electron chi connectivity index (χ2n) is 27.2. The van der Waals surface area contributed by atoms with Crippen LogP contribution in [0.1, 0.15) is 151 Å². The second-order valence-corrected chi connectivity index (χ2v) is 27.2. The number of hydrogen-bond donors (Lipinski definition) is 8. The third-order valence-electron chi connectivity index (χ3n) is 15.7. The number of aryl methyl sites for hydroxylation is 8. The van der Waals surface area contributed by atoms with Crippen LogP contribution in [0.25, 0.3) is 0 Å². The zero-order valence-corrected chi connectivity index (χ0v) is 69.3. The lowest BCUT2D eigenvalue weighted by atomic mass is 10.1. The van der Waals surface area contributed by atoms with Crippen LogP contribution >= 0.6 is 0 Å². The van der Waals surface area contributed by atoms with E-state index in [1.165, 1.54) is 26.0 Å². The summed E-state index contributed by atoms with van der Waals surface area (Å²) in [5, 5.41) is 4.26. The topological polar surface area (TPSA) is 380 Å². The Labute approximate surface area is 822 Å². The Morgan fingerprint density at radius 1 is 0.250 bits per heavy atom. The van der Waals surface area contributed by atoms with Gasteiger partial charge in [0, 0.05) is 32.9 Å². The Hall–Kier alpha value is -13.7. The van der Waals surface area contributed by atoms with E-state index < -0.39 is 268 Å². The maximum atomic E-state index is 11.3.